The molecule has 0 aliphatic carbocycles. The first-order valence-electron chi connectivity index (χ1n) is 9.92. The van der Waals surface area contributed by atoms with Gasteiger partial charge in [0.05, 0.1) is 18.6 Å². The Morgan fingerprint density at radius 3 is 2.28 bits per heavy atom. The summed E-state index contributed by atoms with van der Waals surface area (Å²) in [4.78, 5) is 1.87. The molecule has 2 bridgehead atoms. The Morgan fingerprint density at radius 2 is 1.72 bits per heavy atom. The van der Waals surface area contributed by atoms with Crippen LogP contribution in [0.5, 0.6) is 0 Å². The lowest BCUT2D eigenvalue weighted by Crippen LogP contribution is -3.21. The second kappa shape index (κ2) is 8.05. The molecule has 2 saturated heterocycles. The van der Waals surface area contributed by atoms with Gasteiger partial charge in [-0.2, -0.15) is 0 Å². The van der Waals surface area contributed by atoms with Crippen LogP contribution in [0.3, 0.4) is 0 Å². The zero-order valence-electron chi connectivity index (χ0n) is 16.2. The second-order valence-corrected chi connectivity index (χ2v) is 9.05. The number of thiocarbonyl (C=S) groups is 1. The fourth-order valence-electron chi connectivity index (χ4n) is 4.96. The van der Waals surface area contributed by atoms with E-state index in [0.29, 0.717) is 6.04 Å². The van der Waals surface area contributed by atoms with Crippen LogP contribution in [0.2, 0.25) is 0 Å². The van der Waals surface area contributed by atoms with Crippen LogP contribution >= 0.6 is 12.2 Å². The van der Waals surface area contributed by atoms with Crippen LogP contribution in [0.4, 0.5) is 5.69 Å². The maximum absolute atomic E-state index is 5.61. The van der Waals surface area contributed by atoms with E-state index in [1.54, 1.807) is 0 Å². The molecule has 25 heavy (non-hydrogen) atoms. The highest BCUT2D eigenvalue weighted by Gasteiger charge is 2.41. The number of aryl methyl sites for hydroxylation is 2. The minimum Gasteiger partial charge on any atom is -0.359 e. The van der Waals surface area contributed by atoms with Crippen molar-refractivity contribution in [3.05, 3.63) is 29.3 Å². The molecule has 2 aliphatic rings. The van der Waals surface area contributed by atoms with Crippen LogP contribution in [0, 0.1) is 19.8 Å². The first-order valence-corrected chi connectivity index (χ1v) is 10.3. The molecule has 1 aromatic carbocycles. The zero-order valence-corrected chi connectivity index (χ0v) is 17.0. The first-order chi connectivity index (χ1) is 11.9. The van der Waals surface area contributed by atoms with Crippen molar-refractivity contribution in [3.63, 3.8) is 0 Å². The summed E-state index contributed by atoms with van der Waals surface area (Å²) < 4.78 is 0. The number of benzene rings is 1. The van der Waals surface area contributed by atoms with Crippen molar-refractivity contribution in [2.75, 3.05) is 11.9 Å². The minimum absolute atomic E-state index is 0.525. The third-order valence-electron chi connectivity index (χ3n) is 5.75. The molecule has 0 aromatic heterocycles. The van der Waals surface area contributed by atoms with Crippen molar-refractivity contribution >= 4 is 23.0 Å². The predicted octanol–water partition coefficient (Wildman–Crippen LogP) is 3.21. The molecule has 0 radical (unpaired) electrons. The molecule has 3 N–H and O–H groups in total. The van der Waals surface area contributed by atoms with Crippen LogP contribution in [-0.4, -0.2) is 29.8 Å². The average Bonchev–Trinajstić information content (AvgIpc) is 2.46. The van der Waals surface area contributed by atoms with Gasteiger partial charge in [0.1, 0.15) is 0 Å². The molecule has 1 aromatic rings. The zero-order chi connectivity index (χ0) is 18.0. The Bertz CT molecular complexity index is 579. The number of hydrogen-bond donors (Lipinski definition) is 3. The summed E-state index contributed by atoms with van der Waals surface area (Å²) in [6.45, 7) is 10.3. The van der Waals surface area contributed by atoms with Crippen molar-refractivity contribution in [1.82, 2.24) is 5.32 Å². The van der Waals surface area contributed by atoms with E-state index in [1.807, 2.05) is 4.90 Å². The summed E-state index contributed by atoms with van der Waals surface area (Å²) in [7, 11) is 0. The molecule has 0 unspecified atom stereocenters. The summed E-state index contributed by atoms with van der Waals surface area (Å²) in [6.07, 6.45) is 6.69. The van der Waals surface area contributed by atoms with Gasteiger partial charge < -0.3 is 15.5 Å². The molecule has 0 spiro atoms. The summed E-state index contributed by atoms with van der Waals surface area (Å²) in [5.41, 5.74) is 3.63. The van der Waals surface area contributed by atoms with Gasteiger partial charge in [0, 0.05) is 30.5 Å². The Morgan fingerprint density at radius 1 is 1.12 bits per heavy atom. The van der Waals surface area contributed by atoms with Crippen molar-refractivity contribution in [1.29, 1.82) is 0 Å². The predicted molar refractivity (Wildman–Crippen MR) is 110 cm³/mol. The molecule has 2 fully saturated rings. The summed E-state index contributed by atoms with van der Waals surface area (Å²) in [5.74, 6) is 0.787. The van der Waals surface area contributed by atoms with Crippen LogP contribution < -0.4 is 15.5 Å². The molecule has 2 atom stereocenters. The Hall–Kier alpha value is -1.13. The fourth-order valence-corrected chi connectivity index (χ4v) is 5.24. The van der Waals surface area contributed by atoms with Gasteiger partial charge in [0.25, 0.3) is 0 Å². The molecule has 4 heteroatoms. The third kappa shape index (κ3) is 4.95. The van der Waals surface area contributed by atoms with Gasteiger partial charge in [-0.05, 0) is 68.6 Å². The quantitative estimate of drug-likeness (QED) is 0.720. The van der Waals surface area contributed by atoms with E-state index in [-0.39, 0.29) is 0 Å². The van der Waals surface area contributed by atoms with E-state index in [1.165, 1.54) is 49.8 Å². The standard InChI is InChI=1S/C21H33N3S/c1-14(2)13-24-19-6-5-7-20(24)12-18(11-19)23-21(25)22-17-9-15(3)8-16(4)10-17/h8-10,14,18-20H,5-7,11-13H2,1-4H3,(H2,22,23,25)/p+1/t19-,20-/m1/s1. The van der Waals surface area contributed by atoms with E-state index in [2.05, 4.69) is 56.5 Å². The smallest absolute Gasteiger partial charge is 0.171 e. The van der Waals surface area contributed by atoms with Crippen LogP contribution in [0.1, 0.15) is 57.1 Å². The number of fused-ring (bicyclic) bond motifs is 2. The second-order valence-electron chi connectivity index (χ2n) is 8.64. The molecule has 2 heterocycles. The summed E-state index contributed by atoms with van der Waals surface area (Å²) >= 11 is 5.61. The summed E-state index contributed by atoms with van der Waals surface area (Å²) in [5, 5.41) is 7.79. The highest BCUT2D eigenvalue weighted by molar-refractivity contribution is 7.80. The van der Waals surface area contributed by atoms with E-state index in [0.717, 1.165) is 28.8 Å². The topological polar surface area (TPSA) is 28.5 Å². The van der Waals surface area contributed by atoms with Crippen molar-refractivity contribution in [3.8, 4) is 0 Å². The van der Waals surface area contributed by atoms with Crippen molar-refractivity contribution in [2.24, 2.45) is 5.92 Å². The lowest BCUT2D eigenvalue weighted by Gasteiger charge is -2.46. The largest absolute Gasteiger partial charge is 0.359 e. The molecular weight excluding hydrogens is 326 g/mol. The SMILES string of the molecule is Cc1cc(C)cc(NC(=S)NC2C[C@H]3CCC[C@H](C2)[NH+]3CC(C)C)c1. The number of quaternary nitrogens is 1. The Balaban J connectivity index is 1.57. The van der Waals surface area contributed by atoms with E-state index < -0.39 is 0 Å². The fraction of sp³-hybridized carbons (Fsp3) is 0.667. The van der Waals surface area contributed by atoms with Crippen LogP contribution in [-0.2, 0) is 0 Å². The van der Waals surface area contributed by atoms with Gasteiger partial charge in [0.2, 0.25) is 0 Å². The van der Waals surface area contributed by atoms with Gasteiger partial charge in [-0.3, -0.25) is 0 Å². The maximum atomic E-state index is 5.61. The minimum atomic E-state index is 0.525. The lowest BCUT2D eigenvalue weighted by atomic mass is 9.81. The number of anilines is 1. The summed E-state index contributed by atoms with van der Waals surface area (Å²) in [6, 6.07) is 8.66. The van der Waals surface area contributed by atoms with E-state index in [4.69, 9.17) is 12.2 Å². The van der Waals surface area contributed by atoms with Gasteiger partial charge in [0.15, 0.2) is 5.11 Å². The molecule has 0 amide bonds. The van der Waals surface area contributed by atoms with Crippen LogP contribution in [0.15, 0.2) is 18.2 Å². The number of rotatable bonds is 4. The van der Waals surface area contributed by atoms with E-state index in [9.17, 15) is 0 Å². The monoisotopic (exact) mass is 360 g/mol. The van der Waals surface area contributed by atoms with Crippen molar-refractivity contribution < 1.29 is 4.90 Å². The van der Waals surface area contributed by atoms with Gasteiger partial charge in [-0.1, -0.05) is 19.9 Å². The molecule has 138 valence electrons. The molecule has 3 rings (SSSR count). The van der Waals surface area contributed by atoms with E-state index >= 15 is 0 Å². The molecule has 2 aliphatic heterocycles. The van der Waals surface area contributed by atoms with Gasteiger partial charge >= 0.3 is 0 Å². The first kappa shape index (κ1) is 18.7. The van der Waals surface area contributed by atoms with Gasteiger partial charge in [-0.25, -0.2) is 0 Å². The molecule has 3 nitrogen and oxygen atoms in total. The molecule has 0 saturated carbocycles. The van der Waals surface area contributed by atoms with Crippen molar-refractivity contribution in [2.45, 2.75) is 77.9 Å². The number of hydrogen-bond acceptors (Lipinski definition) is 1. The number of piperidine rings is 2. The Kier molecular flexibility index (Phi) is 6.00. The number of nitrogens with one attached hydrogen (secondary N) is 3. The highest BCUT2D eigenvalue weighted by atomic mass is 32.1. The highest BCUT2D eigenvalue weighted by Crippen LogP contribution is 2.23. The third-order valence-corrected chi connectivity index (χ3v) is 5.97. The Labute approximate surface area is 158 Å². The van der Waals surface area contributed by atoms with Gasteiger partial charge in [-0.15, -0.1) is 0 Å². The lowest BCUT2D eigenvalue weighted by molar-refractivity contribution is -0.963. The van der Waals surface area contributed by atoms with Crippen LogP contribution in [0.25, 0.3) is 0 Å². The molecular formula is C21H34N3S+. The average molecular weight is 361 g/mol. The maximum Gasteiger partial charge on any atom is 0.171 e. The normalized spacial score (nSPS) is 28.7.